The van der Waals surface area contributed by atoms with E-state index >= 15 is 0 Å². The summed E-state index contributed by atoms with van der Waals surface area (Å²) in [4.78, 5) is 22.2. The minimum Gasteiger partial charge on any atom is -0.489 e. The average Bonchev–Trinajstić information content (AvgIpc) is 3.26. The molecule has 1 amide bonds. The van der Waals surface area contributed by atoms with E-state index < -0.39 is 0 Å². The summed E-state index contributed by atoms with van der Waals surface area (Å²) < 4.78 is 7.94. The molecule has 2 aromatic heterocycles. The van der Waals surface area contributed by atoms with E-state index in [-0.39, 0.29) is 5.91 Å². The van der Waals surface area contributed by atoms with Gasteiger partial charge in [0.05, 0.1) is 5.69 Å². The lowest BCUT2D eigenvalue weighted by Crippen LogP contribution is -2.48. The van der Waals surface area contributed by atoms with Crippen LogP contribution < -0.4 is 4.74 Å². The number of hydrogen-bond acceptors (Lipinski definition) is 4. The van der Waals surface area contributed by atoms with E-state index in [2.05, 4.69) is 11.1 Å². The Morgan fingerprint density at radius 3 is 2.44 bits per heavy atom. The van der Waals surface area contributed by atoms with Crippen molar-refractivity contribution in [2.24, 2.45) is 0 Å². The van der Waals surface area contributed by atoms with E-state index in [0.717, 1.165) is 47.9 Å². The highest BCUT2D eigenvalue weighted by Gasteiger charge is 2.24. The maximum Gasteiger partial charge on any atom is 0.254 e. The molecule has 0 atom stereocenters. The fourth-order valence-electron chi connectivity index (χ4n) is 4.10. The minimum absolute atomic E-state index is 0.0737. The first-order valence-electron chi connectivity index (χ1n) is 11.0. The van der Waals surface area contributed by atoms with Crippen LogP contribution in [0, 0.1) is 0 Å². The predicted octanol–water partition coefficient (Wildman–Crippen LogP) is 3.87. The van der Waals surface area contributed by atoms with Crippen LogP contribution in [0.15, 0.2) is 85.2 Å². The second kappa shape index (κ2) is 9.24. The molecule has 0 bridgehead atoms. The van der Waals surface area contributed by atoms with Gasteiger partial charge in [0, 0.05) is 56.2 Å². The molecule has 1 aliphatic heterocycles. The number of hydrogen-bond donors (Lipinski definition) is 0. The van der Waals surface area contributed by atoms with Gasteiger partial charge < -0.3 is 14.0 Å². The summed E-state index contributed by atoms with van der Waals surface area (Å²) in [6.45, 7) is 4.26. The van der Waals surface area contributed by atoms with E-state index in [1.807, 2.05) is 88.3 Å². The Balaban J connectivity index is 1.20. The van der Waals surface area contributed by atoms with Gasteiger partial charge in [0.1, 0.15) is 18.0 Å². The number of amides is 1. The van der Waals surface area contributed by atoms with Crippen LogP contribution in [-0.2, 0) is 13.2 Å². The molecule has 0 unspecified atom stereocenters. The Morgan fingerprint density at radius 2 is 1.62 bits per heavy atom. The van der Waals surface area contributed by atoms with Crippen molar-refractivity contribution >= 4 is 11.6 Å². The van der Waals surface area contributed by atoms with E-state index in [9.17, 15) is 4.79 Å². The minimum atomic E-state index is 0.0737. The highest BCUT2D eigenvalue weighted by Crippen LogP contribution is 2.18. The number of imidazole rings is 1. The number of carbonyl (C=O) groups excluding carboxylic acids is 1. The van der Waals surface area contributed by atoms with E-state index in [1.54, 1.807) is 0 Å². The molecule has 1 fully saturated rings. The third kappa shape index (κ3) is 4.50. The first-order chi connectivity index (χ1) is 15.8. The zero-order valence-corrected chi connectivity index (χ0v) is 17.9. The Morgan fingerprint density at radius 1 is 0.875 bits per heavy atom. The molecule has 6 heteroatoms. The largest absolute Gasteiger partial charge is 0.489 e. The number of para-hydroxylation sites is 1. The Labute approximate surface area is 187 Å². The lowest BCUT2D eigenvalue weighted by molar-refractivity contribution is 0.0624. The number of fused-ring (bicyclic) bond motifs is 1. The fraction of sp³-hybridized carbons (Fsp3) is 0.231. The Bertz CT molecular complexity index is 1160. The smallest absolute Gasteiger partial charge is 0.254 e. The van der Waals surface area contributed by atoms with Gasteiger partial charge in [0.25, 0.3) is 5.91 Å². The van der Waals surface area contributed by atoms with Gasteiger partial charge in [-0.2, -0.15) is 0 Å². The van der Waals surface area contributed by atoms with E-state index in [4.69, 9.17) is 9.72 Å². The topological polar surface area (TPSA) is 50.1 Å². The third-order valence-electron chi connectivity index (χ3n) is 5.84. The molecule has 32 heavy (non-hydrogen) atoms. The number of pyridine rings is 1. The van der Waals surface area contributed by atoms with Crippen molar-refractivity contribution < 1.29 is 9.53 Å². The van der Waals surface area contributed by atoms with Gasteiger partial charge in [0.2, 0.25) is 0 Å². The Kier molecular flexibility index (Phi) is 5.85. The molecule has 4 aromatic rings. The van der Waals surface area contributed by atoms with Crippen molar-refractivity contribution in [3.8, 4) is 5.75 Å². The molecular weight excluding hydrogens is 400 g/mol. The average molecular weight is 427 g/mol. The van der Waals surface area contributed by atoms with Gasteiger partial charge in [-0.3, -0.25) is 9.69 Å². The second-order valence-electron chi connectivity index (χ2n) is 8.03. The van der Waals surface area contributed by atoms with Gasteiger partial charge in [-0.1, -0.05) is 42.5 Å². The fourth-order valence-corrected chi connectivity index (χ4v) is 4.10. The van der Waals surface area contributed by atoms with Gasteiger partial charge in [-0.25, -0.2) is 4.98 Å². The number of piperazine rings is 1. The van der Waals surface area contributed by atoms with Gasteiger partial charge in [-0.15, -0.1) is 0 Å². The molecule has 0 aliphatic carbocycles. The zero-order valence-electron chi connectivity index (χ0n) is 17.9. The van der Waals surface area contributed by atoms with Crippen molar-refractivity contribution in [2.75, 3.05) is 26.2 Å². The summed E-state index contributed by atoms with van der Waals surface area (Å²) >= 11 is 0. The summed E-state index contributed by atoms with van der Waals surface area (Å²) in [6, 6.07) is 23.4. The van der Waals surface area contributed by atoms with Crippen molar-refractivity contribution in [3.05, 3.63) is 102 Å². The van der Waals surface area contributed by atoms with Crippen LogP contribution in [0.3, 0.4) is 0 Å². The van der Waals surface area contributed by atoms with Crippen molar-refractivity contribution in [3.63, 3.8) is 0 Å². The quantitative estimate of drug-likeness (QED) is 0.470. The number of benzene rings is 2. The van der Waals surface area contributed by atoms with Gasteiger partial charge >= 0.3 is 0 Å². The monoisotopic (exact) mass is 426 g/mol. The van der Waals surface area contributed by atoms with Crippen molar-refractivity contribution in [1.82, 2.24) is 19.2 Å². The lowest BCUT2D eigenvalue weighted by Gasteiger charge is -2.34. The zero-order chi connectivity index (χ0) is 21.8. The maximum atomic E-state index is 13.3. The second-order valence-corrected chi connectivity index (χ2v) is 8.03. The van der Waals surface area contributed by atoms with Crippen LogP contribution in [0.25, 0.3) is 5.65 Å². The predicted molar refractivity (Wildman–Crippen MR) is 124 cm³/mol. The molecule has 0 saturated carbocycles. The number of aromatic nitrogens is 2. The SMILES string of the molecule is O=C(c1ccccc1COc1ccccc1)N1CCN(Cc2cn3ccccc3n2)CC1. The summed E-state index contributed by atoms with van der Waals surface area (Å²) in [6.07, 6.45) is 4.09. The number of rotatable bonds is 6. The summed E-state index contributed by atoms with van der Waals surface area (Å²) in [7, 11) is 0. The lowest BCUT2D eigenvalue weighted by atomic mass is 10.1. The van der Waals surface area contributed by atoms with Gasteiger partial charge in [0.15, 0.2) is 0 Å². The van der Waals surface area contributed by atoms with Crippen LogP contribution in [0.1, 0.15) is 21.6 Å². The van der Waals surface area contributed by atoms with Crippen LogP contribution in [0.2, 0.25) is 0 Å². The highest BCUT2D eigenvalue weighted by atomic mass is 16.5. The number of ether oxygens (including phenoxy) is 1. The van der Waals surface area contributed by atoms with Crippen LogP contribution in [0.4, 0.5) is 0 Å². The third-order valence-corrected chi connectivity index (χ3v) is 5.84. The molecular formula is C26H26N4O2. The first-order valence-corrected chi connectivity index (χ1v) is 11.0. The van der Waals surface area contributed by atoms with E-state index in [1.165, 1.54) is 0 Å². The standard InChI is InChI=1S/C26H26N4O2/c31-26(24-11-5-4-8-21(24)20-32-23-9-2-1-3-10-23)29-16-14-28(15-17-29)18-22-19-30-13-7-6-12-25(30)27-22/h1-13,19H,14-18,20H2. The molecule has 3 heterocycles. The molecule has 2 aromatic carbocycles. The Hall–Kier alpha value is -3.64. The van der Waals surface area contributed by atoms with Crippen LogP contribution >= 0.6 is 0 Å². The first kappa shape index (κ1) is 20.3. The van der Waals surface area contributed by atoms with Gasteiger partial charge in [-0.05, 0) is 30.3 Å². The highest BCUT2D eigenvalue weighted by molar-refractivity contribution is 5.95. The van der Waals surface area contributed by atoms with Crippen LogP contribution in [0.5, 0.6) is 5.75 Å². The summed E-state index contributed by atoms with van der Waals surface area (Å²) in [5, 5.41) is 0. The van der Waals surface area contributed by atoms with Crippen LogP contribution in [-0.4, -0.2) is 51.3 Å². The maximum absolute atomic E-state index is 13.3. The molecule has 0 spiro atoms. The summed E-state index contributed by atoms with van der Waals surface area (Å²) in [5.41, 5.74) is 3.65. The molecule has 1 aliphatic rings. The molecule has 0 radical (unpaired) electrons. The number of carbonyl (C=O) groups is 1. The van der Waals surface area contributed by atoms with Crippen molar-refractivity contribution in [2.45, 2.75) is 13.2 Å². The summed E-state index contributed by atoms with van der Waals surface area (Å²) in [5.74, 6) is 0.875. The normalized spacial score (nSPS) is 14.6. The molecule has 0 N–H and O–H groups in total. The molecule has 6 nitrogen and oxygen atoms in total. The van der Waals surface area contributed by atoms with E-state index in [0.29, 0.717) is 19.7 Å². The molecule has 5 rings (SSSR count). The molecule has 1 saturated heterocycles. The molecule has 162 valence electrons. The van der Waals surface area contributed by atoms with Crippen molar-refractivity contribution in [1.29, 1.82) is 0 Å². The number of nitrogens with zero attached hydrogens (tertiary/aromatic N) is 4.